The van der Waals surface area contributed by atoms with Gasteiger partial charge in [0, 0.05) is 16.4 Å². The first kappa shape index (κ1) is 19.2. The van der Waals surface area contributed by atoms with Crippen LogP contribution in [-0.4, -0.2) is 22.4 Å². The Labute approximate surface area is 171 Å². The molecule has 0 bridgehead atoms. The van der Waals surface area contributed by atoms with Gasteiger partial charge in [0.05, 0.1) is 12.8 Å². The summed E-state index contributed by atoms with van der Waals surface area (Å²) in [5.74, 6) is 1.25. The zero-order chi connectivity index (χ0) is 19.2. The summed E-state index contributed by atoms with van der Waals surface area (Å²) in [7, 11) is 1.59. The Morgan fingerprint density at radius 1 is 0.926 bits per heavy atom. The van der Waals surface area contributed by atoms with Crippen LogP contribution in [0.3, 0.4) is 0 Å². The second kappa shape index (κ2) is 8.85. The molecular formula is C18H15Cl2N5OS. The van der Waals surface area contributed by atoms with E-state index in [0.29, 0.717) is 32.5 Å². The fourth-order valence-corrected chi connectivity index (χ4v) is 2.73. The maximum absolute atomic E-state index is 6.03. The van der Waals surface area contributed by atoms with Gasteiger partial charge in [-0.3, -0.25) is 0 Å². The van der Waals surface area contributed by atoms with Crippen molar-refractivity contribution in [3.8, 4) is 5.75 Å². The Hall–Kier alpha value is -2.61. The summed E-state index contributed by atoms with van der Waals surface area (Å²) >= 11 is 17.1. The summed E-state index contributed by atoms with van der Waals surface area (Å²) < 4.78 is 5.29. The van der Waals surface area contributed by atoms with E-state index in [2.05, 4.69) is 26.1 Å². The van der Waals surface area contributed by atoms with E-state index in [1.54, 1.807) is 37.4 Å². The molecule has 0 atom stereocenters. The van der Waals surface area contributed by atoms with E-state index in [0.717, 1.165) is 11.4 Å². The second-order valence-corrected chi connectivity index (χ2v) is 6.60. The van der Waals surface area contributed by atoms with Crippen LogP contribution in [0.5, 0.6) is 5.75 Å². The minimum absolute atomic E-state index is 0.345. The molecule has 138 valence electrons. The van der Waals surface area contributed by atoms with E-state index in [-0.39, 0.29) is 0 Å². The van der Waals surface area contributed by atoms with E-state index in [4.69, 9.17) is 40.2 Å². The van der Waals surface area contributed by atoms with Crippen LogP contribution in [0.25, 0.3) is 0 Å². The Morgan fingerprint density at radius 2 is 1.67 bits per heavy atom. The van der Waals surface area contributed by atoms with Gasteiger partial charge in [-0.1, -0.05) is 23.2 Å². The molecule has 6 nitrogen and oxygen atoms in total. The molecule has 0 unspecified atom stereocenters. The molecule has 0 aliphatic carbocycles. The summed E-state index contributed by atoms with van der Waals surface area (Å²) in [5.41, 5.74) is 2.36. The van der Waals surface area contributed by atoms with Gasteiger partial charge in [0.15, 0.2) is 16.1 Å². The van der Waals surface area contributed by atoms with Crippen molar-refractivity contribution in [2.45, 2.75) is 0 Å². The zero-order valence-electron chi connectivity index (χ0n) is 14.2. The smallest absolute Gasteiger partial charge is 0.175 e. The van der Waals surface area contributed by atoms with Gasteiger partial charge in [-0.2, -0.15) is 0 Å². The number of hydrogen-bond donors (Lipinski definition) is 3. The van der Waals surface area contributed by atoms with E-state index >= 15 is 0 Å². The summed E-state index contributed by atoms with van der Waals surface area (Å²) in [6.07, 6.45) is 0. The van der Waals surface area contributed by atoms with Gasteiger partial charge >= 0.3 is 0 Å². The topological polar surface area (TPSA) is 71.1 Å². The van der Waals surface area contributed by atoms with Crippen molar-refractivity contribution in [3.63, 3.8) is 0 Å². The molecule has 27 heavy (non-hydrogen) atoms. The number of nitrogens with zero attached hydrogens (tertiary/aromatic N) is 2. The number of halogens is 2. The summed E-state index contributed by atoms with van der Waals surface area (Å²) in [6.45, 7) is 0. The van der Waals surface area contributed by atoms with Crippen molar-refractivity contribution in [2.24, 2.45) is 0 Å². The van der Waals surface area contributed by atoms with Crippen molar-refractivity contribution in [2.75, 3.05) is 23.1 Å². The third kappa shape index (κ3) is 5.43. The first-order valence-electron chi connectivity index (χ1n) is 7.81. The van der Waals surface area contributed by atoms with Gasteiger partial charge in [-0.05, 0) is 66.8 Å². The lowest BCUT2D eigenvalue weighted by atomic mass is 10.2. The third-order valence-electron chi connectivity index (χ3n) is 3.46. The minimum atomic E-state index is 0.345. The molecule has 0 fully saturated rings. The lowest BCUT2D eigenvalue weighted by molar-refractivity contribution is 0.417. The Morgan fingerprint density at radius 3 is 2.33 bits per heavy atom. The van der Waals surface area contributed by atoms with Gasteiger partial charge in [0.25, 0.3) is 0 Å². The number of nitrogens with one attached hydrogen (secondary N) is 3. The molecule has 0 radical (unpaired) electrons. The average molecular weight is 420 g/mol. The molecule has 0 aliphatic rings. The highest BCUT2D eigenvalue weighted by molar-refractivity contribution is 7.80. The molecule has 1 aromatic heterocycles. The van der Waals surface area contributed by atoms with Crippen LogP contribution in [0.4, 0.5) is 22.9 Å². The van der Waals surface area contributed by atoms with Crippen molar-refractivity contribution < 1.29 is 4.74 Å². The number of benzene rings is 2. The SMILES string of the molecule is COc1ccc(Cl)cc1NC(=S)Nc1ccc(Nc2ccc(Cl)nn2)cc1. The highest BCUT2D eigenvalue weighted by Crippen LogP contribution is 2.28. The molecule has 9 heteroatoms. The van der Waals surface area contributed by atoms with Crippen LogP contribution < -0.4 is 20.7 Å². The maximum Gasteiger partial charge on any atom is 0.175 e. The highest BCUT2D eigenvalue weighted by atomic mass is 35.5. The Bertz CT molecular complexity index is 935. The molecule has 3 aromatic rings. The predicted molar refractivity (Wildman–Crippen MR) is 115 cm³/mol. The van der Waals surface area contributed by atoms with Crippen LogP contribution >= 0.6 is 35.4 Å². The van der Waals surface area contributed by atoms with Gasteiger partial charge in [-0.25, -0.2) is 0 Å². The van der Waals surface area contributed by atoms with Crippen LogP contribution in [0.1, 0.15) is 0 Å². The monoisotopic (exact) mass is 419 g/mol. The Kier molecular flexibility index (Phi) is 6.28. The number of ether oxygens (including phenoxy) is 1. The van der Waals surface area contributed by atoms with Crippen molar-refractivity contribution in [3.05, 3.63) is 64.8 Å². The zero-order valence-corrected chi connectivity index (χ0v) is 16.5. The molecule has 0 saturated heterocycles. The van der Waals surface area contributed by atoms with Gasteiger partial charge in [0.2, 0.25) is 0 Å². The van der Waals surface area contributed by atoms with Crippen molar-refractivity contribution in [1.82, 2.24) is 10.2 Å². The first-order chi connectivity index (χ1) is 13.0. The number of aromatic nitrogens is 2. The fourth-order valence-electron chi connectivity index (χ4n) is 2.23. The van der Waals surface area contributed by atoms with Crippen molar-refractivity contribution >= 4 is 63.4 Å². The first-order valence-corrected chi connectivity index (χ1v) is 8.98. The maximum atomic E-state index is 6.03. The van der Waals surface area contributed by atoms with E-state index in [9.17, 15) is 0 Å². The lowest BCUT2D eigenvalue weighted by Crippen LogP contribution is -2.19. The standard InChI is InChI=1S/C18H15Cl2N5OS/c1-26-15-7-2-11(19)10-14(15)23-18(27)22-13-5-3-12(4-6-13)21-17-9-8-16(20)24-25-17/h2-10H,1H3,(H,21,25)(H2,22,23,27). The number of methoxy groups -OCH3 is 1. The molecule has 0 aliphatic heterocycles. The van der Waals surface area contributed by atoms with Gasteiger partial charge < -0.3 is 20.7 Å². The molecule has 2 aromatic carbocycles. The summed E-state index contributed by atoms with van der Waals surface area (Å²) in [6, 6.07) is 16.2. The van der Waals surface area contributed by atoms with Crippen LogP contribution in [0.15, 0.2) is 54.6 Å². The van der Waals surface area contributed by atoms with Gasteiger partial charge in [-0.15, -0.1) is 10.2 Å². The quantitative estimate of drug-likeness (QED) is 0.481. The lowest BCUT2D eigenvalue weighted by Gasteiger charge is -2.14. The summed E-state index contributed by atoms with van der Waals surface area (Å²) in [5, 5.41) is 18.4. The second-order valence-electron chi connectivity index (χ2n) is 5.37. The molecule has 0 spiro atoms. The number of rotatable bonds is 5. The molecule has 0 saturated carbocycles. The van der Waals surface area contributed by atoms with Gasteiger partial charge in [0.1, 0.15) is 5.75 Å². The fraction of sp³-hybridized carbons (Fsp3) is 0.0556. The van der Waals surface area contributed by atoms with Crippen LogP contribution in [-0.2, 0) is 0 Å². The normalized spacial score (nSPS) is 10.2. The predicted octanol–water partition coefficient (Wildman–Crippen LogP) is 5.34. The highest BCUT2D eigenvalue weighted by Gasteiger charge is 2.06. The molecule has 0 amide bonds. The molecule has 3 N–H and O–H groups in total. The summed E-state index contributed by atoms with van der Waals surface area (Å²) in [4.78, 5) is 0. The number of thiocarbonyl (C=S) groups is 1. The van der Waals surface area contributed by atoms with Crippen LogP contribution in [0, 0.1) is 0 Å². The third-order valence-corrected chi connectivity index (χ3v) is 4.10. The van der Waals surface area contributed by atoms with Crippen LogP contribution in [0.2, 0.25) is 10.2 Å². The molecule has 3 rings (SSSR count). The molecule has 1 heterocycles. The van der Waals surface area contributed by atoms with Crippen molar-refractivity contribution in [1.29, 1.82) is 0 Å². The Balaban J connectivity index is 1.61. The largest absolute Gasteiger partial charge is 0.495 e. The average Bonchev–Trinajstić information content (AvgIpc) is 2.65. The van der Waals surface area contributed by atoms with E-state index in [1.165, 1.54) is 0 Å². The molecular weight excluding hydrogens is 405 g/mol. The van der Waals surface area contributed by atoms with E-state index < -0.39 is 0 Å². The number of hydrogen-bond acceptors (Lipinski definition) is 5. The minimum Gasteiger partial charge on any atom is -0.495 e. The number of anilines is 4. The van der Waals surface area contributed by atoms with E-state index in [1.807, 2.05) is 24.3 Å².